The maximum absolute atomic E-state index is 11.6. The predicted octanol–water partition coefficient (Wildman–Crippen LogP) is 1.57. The van der Waals surface area contributed by atoms with Crippen LogP contribution in [0.5, 0.6) is 0 Å². The second kappa shape index (κ2) is 5.39. The molecule has 1 amide bonds. The molecule has 0 saturated carbocycles. The fourth-order valence-electron chi connectivity index (χ4n) is 1.50. The molecule has 4 heteroatoms. The van der Waals surface area contributed by atoms with Gasteiger partial charge in [-0.3, -0.25) is 9.59 Å². The highest BCUT2D eigenvalue weighted by molar-refractivity contribution is 8.14. The Balaban J connectivity index is 2.36. The van der Waals surface area contributed by atoms with Gasteiger partial charge in [0.1, 0.15) is 0 Å². The van der Waals surface area contributed by atoms with Crippen molar-refractivity contribution in [2.75, 3.05) is 5.75 Å². The van der Waals surface area contributed by atoms with Crippen molar-refractivity contribution in [3.63, 3.8) is 0 Å². The minimum Gasteiger partial charge on any atom is -0.345 e. The van der Waals surface area contributed by atoms with Gasteiger partial charge in [-0.25, -0.2) is 0 Å². The number of rotatable bonds is 4. The summed E-state index contributed by atoms with van der Waals surface area (Å²) in [5.74, 6) is 0.887. The minimum absolute atomic E-state index is 0.0210. The summed E-state index contributed by atoms with van der Waals surface area (Å²) >= 11 is 1.32. The first-order chi connectivity index (χ1) is 6.65. The summed E-state index contributed by atoms with van der Waals surface area (Å²) < 4.78 is 0. The van der Waals surface area contributed by atoms with Gasteiger partial charge in [-0.15, -0.1) is 0 Å². The Labute approximate surface area is 89.0 Å². The molecule has 0 spiro atoms. The quantitative estimate of drug-likeness (QED) is 0.774. The zero-order valence-electron chi connectivity index (χ0n) is 8.71. The average molecular weight is 215 g/mol. The van der Waals surface area contributed by atoms with Gasteiger partial charge in [0, 0.05) is 11.7 Å². The lowest BCUT2D eigenvalue weighted by Crippen LogP contribution is -2.40. The summed E-state index contributed by atoms with van der Waals surface area (Å²) in [6.07, 6.45) is 2.68. The van der Waals surface area contributed by atoms with Gasteiger partial charge in [0.15, 0.2) is 0 Å². The van der Waals surface area contributed by atoms with Crippen LogP contribution in [0.2, 0.25) is 0 Å². The highest BCUT2D eigenvalue weighted by atomic mass is 32.2. The Kier molecular flexibility index (Phi) is 4.45. The third-order valence-electron chi connectivity index (χ3n) is 2.42. The normalized spacial score (nSPS) is 23.6. The van der Waals surface area contributed by atoms with E-state index in [4.69, 9.17) is 0 Å². The topological polar surface area (TPSA) is 46.2 Å². The fraction of sp³-hybridized carbons (Fsp3) is 0.800. The monoisotopic (exact) mass is 215 g/mol. The van der Waals surface area contributed by atoms with Gasteiger partial charge in [-0.1, -0.05) is 32.0 Å². The molecular formula is C10H17NO2S. The van der Waals surface area contributed by atoms with Crippen LogP contribution in [0.25, 0.3) is 0 Å². The lowest BCUT2D eigenvalue weighted by molar-refractivity contribution is -0.127. The van der Waals surface area contributed by atoms with Gasteiger partial charge in [-0.05, 0) is 12.8 Å². The molecule has 0 unspecified atom stereocenters. The number of amides is 1. The van der Waals surface area contributed by atoms with Crippen molar-refractivity contribution in [3.8, 4) is 0 Å². The van der Waals surface area contributed by atoms with Crippen LogP contribution in [0, 0.1) is 5.92 Å². The molecule has 0 aliphatic carbocycles. The van der Waals surface area contributed by atoms with Crippen LogP contribution in [-0.4, -0.2) is 22.8 Å². The van der Waals surface area contributed by atoms with Crippen molar-refractivity contribution in [2.45, 2.75) is 39.2 Å². The van der Waals surface area contributed by atoms with E-state index in [1.807, 2.05) is 6.92 Å². The van der Waals surface area contributed by atoms with Crippen LogP contribution in [0.4, 0.5) is 0 Å². The van der Waals surface area contributed by atoms with Crippen LogP contribution in [0.15, 0.2) is 0 Å². The van der Waals surface area contributed by atoms with E-state index in [-0.39, 0.29) is 23.0 Å². The van der Waals surface area contributed by atoms with E-state index in [0.29, 0.717) is 0 Å². The molecule has 1 N–H and O–H groups in total. The molecule has 2 atom stereocenters. The van der Waals surface area contributed by atoms with E-state index in [1.165, 1.54) is 11.8 Å². The van der Waals surface area contributed by atoms with Crippen molar-refractivity contribution in [2.24, 2.45) is 5.92 Å². The summed E-state index contributed by atoms with van der Waals surface area (Å²) in [4.78, 5) is 22.8. The van der Waals surface area contributed by atoms with E-state index < -0.39 is 0 Å². The maximum atomic E-state index is 11.6. The molecule has 0 aromatic rings. The number of hydrogen-bond donors (Lipinski definition) is 1. The number of thioether (sulfide) groups is 1. The molecule has 0 bridgehead atoms. The third-order valence-corrected chi connectivity index (χ3v) is 3.43. The van der Waals surface area contributed by atoms with Gasteiger partial charge in [0.05, 0.1) is 6.04 Å². The van der Waals surface area contributed by atoms with Crippen LogP contribution in [0.3, 0.4) is 0 Å². The Bertz CT molecular complexity index is 230. The van der Waals surface area contributed by atoms with Gasteiger partial charge in [-0.2, -0.15) is 0 Å². The predicted molar refractivity (Wildman–Crippen MR) is 58.1 cm³/mol. The maximum Gasteiger partial charge on any atom is 0.223 e. The van der Waals surface area contributed by atoms with Crippen molar-refractivity contribution in [1.29, 1.82) is 0 Å². The molecule has 0 radical (unpaired) electrons. The summed E-state index contributed by atoms with van der Waals surface area (Å²) in [6, 6.07) is -0.230. The van der Waals surface area contributed by atoms with Gasteiger partial charge < -0.3 is 5.32 Å². The molecule has 14 heavy (non-hydrogen) atoms. The Morgan fingerprint density at radius 1 is 1.71 bits per heavy atom. The first-order valence-corrected chi connectivity index (χ1v) is 6.10. The zero-order chi connectivity index (χ0) is 10.6. The standard InChI is InChI=1S/C10H17NO2S/c1-3-4-7(2)9(12)11-8-5-6-14-10(8)13/h7-8H,3-6H2,1-2H3,(H,11,12)/t7-,8-/m1/s1. The first kappa shape index (κ1) is 11.6. The van der Waals surface area contributed by atoms with E-state index in [0.717, 1.165) is 25.0 Å². The second-order valence-electron chi connectivity index (χ2n) is 3.71. The molecule has 0 aromatic carbocycles. The van der Waals surface area contributed by atoms with Crippen molar-refractivity contribution in [1.82, 2.24) is 5.32 Å². The van der Waals surface area contributed by atoms with Crippen LogP contribution in [-0.2, 0) is 9.59 Å². The van der Waals surface area contributed by atoms with Crippen LogP contribution in [0.1, 0.15) is 33.1 Å². The SMILES string of the molecule is CCC[C@@H](C)C(=O)N[C@@H]1CCSC1=O. The number of carbonyl (C=O) groups excluding carboxylic acids is 2. The fourth-order valence-corrected chi connectivity index (χ4v) is 2.44. The van der Waals surface area contributed by atoms with E-state index >= 15 is 0 Å². The molecular weight excluding hydrogens is 198 g/mol. The van der Waals surface area contributed by atoms with Gasteiger partial charge in [0.25, 0.3) is 0 Å². The number of nitrogens with one attached hydrogen (secondary N) is 1. The highest BCUT2D eigenvalue weighted by Crippen LogP contribution is 2.20. The molecule has 1 aliphatic rings. The Hall–Kier alpha value is -0.510. The lowest BCUT2D eigenvalue weighted by atomic mass is 10.0. The Morgan fingerprint density at radius 2 is 2.43 bits per heavy atom. The van der Waals surface area contributed by atoms with E-state index in [1.54, 1.807) is 0 Å². The third kappa shape index (κ3) is 3.01. The van der Waals surface area contributed by atoms with Crippen molar-refractivity contribution < 1.29 is 9.59 Å². The minimum atomic E-state index is -0.230. The summed E-state index contributed by atoms with van der Waals surface area (Å²) in [5.41, 5.74) is 0. The largest absolute Gasteiger partial charge is 0.345 e. The lowest BCUT2D eigenvalue weighted by Gasteiger charge is -2.14. The molecule has 1 heterocycles. The zero-order valence-corrected chi connectivity index (χ0v) is 9.52. The summed E-state index contributed by atoms with van der Waals surface area (Å²) in [6.45, 7) is 3.96. The molecule has 1 aliphatic heterocycles. The highest BCUT2D eigenvalue weighted by Gasteiger charge is 2.27. The van der Waals surface area contributed by atoms with E-state index in [2.05, 4.69) is 12.2 Å². The number of hydrogen-bond acceptors (Lipinski definition) is 3. The van der Waals surface area contributed by atoms with Crippen LogP contribution < -0.4 is 5.32 Å². The molecule has 1 rings (SSSR count). The second-order valence-corrected chi connectivity index (χ2v) is 4.81. The first-order valence-electron chi connectivity index (χ1n) is 5.12. The summed E-state index contributed by atoms with van der Waals surface area (Å²) in [5, 5.41) is 2.92. The number of carbonyl (C=O) groups is 2. The van der Waals surface area contributed by atoms with Gasteiger partial charge >= 0.3 is 0 Å². The molecule has 1 fully saturated rings. The average Bonchev–Trinajstić information content (AvgIpc) is 2.52. The molecule has 80 valence electrons. The van der Waals surface area contributed by atoms with Crippen LogP contribution >= 0.6 is 11.8 Å². The van der Waals surface area contributed by atoms with Crippen molar-refractivity contribution in [3.05, 3.63) is 0 Å². The molecule has 3 nitrogen and oxygen atoms in total. The summed E-state index contributed by atoms with van der Waals surface area (Å²) in [7, 11) is 0. The Morgan fingerprint density at radius 3 is 2.93 bits per heavy atom. The van der Waals surface area contributed by atoms with E-state index in [9.17, 15) is 9.59 Å². The van der Waals surface area contributed by atoms with Crippen molar-refractivity contribution >= 4 is 22.8 Å². The molecule has 0 aromatic heterocycles. The molecule has 1 saturated heterocycles. The van der Waals surface area contributed by atoms with Gasteiger partial charge in [0.2, 0.25) is 11.0 Å². The smallest absolute Gasteiger partial charge is 0.223 e.